The van der Waals surface area contributed by atoms with Crippen LogP contribution in [0.1, 0.15) is 49.4 Å². The van der Waals surface area contributed by atoms with Crippen LogP contribution in [0.2, 0.25) is 0 Å². The fourth-order valence-electron chi connectivity index (χ4n) is 3.52. The van der Waals surface area contributed by atoms with E-state index in [9.17, 15) is 0 Å². The Labute approximate surface area is 121 Å². The van der Waals surface area contributed by atoms with Crippen LogP contribution in [0.4, 0.5) is 0 Å². The Morgan fingerprint density at radius 2 is 2.00 bits per heavy atom. The van der Waals surface area contributed by atoms with Crippen molar-refractivity contribution in [1.29, 1.82) is 0 Å². The molecule has 1 N–H and O–H groups in total. The summed E-state index contributed by atoms with van der Waals surface area (Å²) < 4.78 is 0. The highest BCUT2D eigenvalue weighted by Gasteiger charge is 2.21. The molecule has 1 heterocycles. The molecule has 1 aliphatic carbocycles. The zero-order valence-corrected chi connectivity index (χ0v) is 12.5. The lowest BCUT2D eigenvalue weighted by molar-refractivity contribution is 0.408. The molecule has 2 nitrogen and oxygen atoms in total. The third-order valence-corrected chi connectivity index (χ3v) is 4.69. The van der Waals surface area contributed by atoms with Gasteiger partial charge in [0.15, 0.2) is 0 Å². The van der Waals surface area contributed by atoms with Crippen LogP contribution in [-0.4, -0.2) is 12.0 Å². The van der Waals surface area contributed by atoms with Gasteiger partial charge in [0, 0.05) is 11.4 Å². The van der Waals surface area contributed by atoms with Gasteiger partial charge in [0.1, 0.15) is 0 Å². The van der Waals surface area contributed by atoms with Crippen molar-refractivity contribution in [3.8, 4) is 0 Å². The summed E-state index contributed by atoms with van der Waals surface area (Å²) in [6.07, 6.45) is 6.83. The van der Waals surface area contributed by atoms with Crippen LogP contribution < -0.4 is 5.32 Å². The minimum atomic E-state index is 0.390. The fraction of sp³-hybridized carbons (Fsp3) is 0.500. The van der Waals surface area contributed by atoms with E-state index in [1.54, 1.807) is 0 Å². The van der Waals surface area contributed by atoms with E-state index >= 15 is 0 Å². The van der Waals surface area contributed by atoms with Gasteiger partial charge in [-0.05, 0) is 44.0 Å². The molecule has 106 valence electrons. The summed E-state index contributed by atoms with van der Waals surface area (Å²) in [7, 11) is 2.06. The van der Waals surface area contributed by atoms with Gasteiger partial charge >= 0.3 is 0 Å². The van der Waals surface area contributed by atoms with Crippen LogP contribution >= 0.6 is 0 Å². The molecule has 0 bridgehead atoms. The highest BCUT2D eigenvalue weighted by molar-refractivity contribution is 5.82. The van der Waals surface area contributed by atoms with Gasteiger partial charge in [-0.15, -0.1) is 0 Å². The molecule has 1 aromatic heterocycles. The predicted molar refractivity (Wildman–Crippen MR) is 84.9 cm³/mol. The second-order valence-electron chi connectivity index (χ2n) is 6.11. The molecule has 1 aromatic carbocycles. The molecule has 1 fully saturated rings. The Morgan fingerprint density at radius 3 is 2.75 bits per heavy atom. The second-order valence-corrected chi connectivity index (χ2v) is 6.11. The number of pyridine rings is 1. The number of benzene rings is 1. The lowest BCUT2D eigenvalue weighted by Gasteiger charge is -2.20. The molecule has 0 radical (unpaired) electrons. The second kappa shape index (κ2) is 5.92. The lowest BCUT2D eigenvalue weighted by atomic mass is 9.95. The van der Waals surface area contributed by atoms with E-state index in [2.05, 4.69) is 49.6 Å². The van der Waals surface area contributed by atoms with Crippen molar-refractivity contribution in [2.45, 2.75) is 45.1 Å². The van der Waals surface area contributed by atoms with E-state index in [1.807, 2.05) is 0 Å². The summed E-state index contributed by atoms with van der Waals surface area (Å²) in [4.78, 5) is 4.89. The summed E-state index contributed by atoms with van der Waals surface area (Å²) in [5, 5.41) is 4.74. The van der Waals surface area contributed by atoms with E-state index < -0.39 is 0 Å². The molecule has 0 saturated heterocycles. The maximum atomic E-state index is 4.89. The minimum absolute atomic E-state index is 0.390. The van der Waals surface area contributed by atoms with E-state index in [4.69, 9.17) is 4.98 Å². The Bertz CT molecular complexity index is 585. The molecular weight excluding hydrogens is 244 g/mol. The SMILES string of the molecule is CNC(CC1CCCC1)c1cc(C)c2ccccc2n1. The summed E-state index contributed by atoms with van der Waals surface area (Å²) in [5.74, 6) is 0.876. The van der Waals surface area contributed by atoms with Gasteiger partial charge in [-0.2, -0.15) is 0 Å². The first-order chi connectivity index (χ1) is 9.78. The van der Waals surface area contributed by atoms with Crippen molar-refractivity contribution in [2.75, 3.05) is 7.05 Å². The molecule has 0 spiro atoms. The molecule has 1 atom stereocenters. The Hall–Kier alpha value is -1.41. The van der Waals surface area contributed by atoms with Gasteiger partial charge in [-0.25, -0.2) is 0 Å². The van der Waals surface area contributed by atoms with Crippen LogP contribution in [0.3, 0.4) is 0 Å². The topological polar surface area (TPSA) is 24.9 Å². The molecule has 20 heavy (non-hydrogen) atoms. The summed E-state index contributed by atoms with van der Waals surface area (Å²) in [5.41, 5.74) is 3.65. The van der Waals surface area contributed by atoms with Crippen molar-refractivity contribution in [1.82, 2.24) is 10.3 Å². The van der Waals surface area contributed by atoms with Crippen LogP contribution in [0.5, 0.6) is 0 Å². The first-order valence-electron chi connectivity index (χ1n) is 7.81. The molecular formula is C18H24N2. The molecule has 2 aromatic rings. The van der Waals surface area contributed by atoms with E-state index in [-0.39, 0.29) is 0 Å². The number of hydrogen-bond donors (Lipinski definition) is 1. The number of para-hydroxylation sites is 1. The predicted octanol–water partition coefficient (Wildman–Crippen LogP) is 4.38. The van der Waals surface area contributed by atoms with Crippen molar-refractivity contribution in [3.63, 3.8) is 0 Å². The zero-order chi connectivity index (χ0) is 13.9. The molecule has 0 aliphatic heterocycles. The third kappa shape index (κ3) is 2.71. The van der Waals surface area contributed by atoms with E-state index in [1.165, 1.54) is 48.7 Å². The molecule has 1 aliphatic rings. The summed E-state index contributed by atoms with van der Waals surface area (Å²) in [6, 6.07) is 11.1. The molecule has 3 rings (SSSR count). The van der Waals surface area contributed by atoms with Crippen LogP contribution in [-0.2, 0) is 0 Å². The zero-order valence-electron chi connectivity index (χ0n) is 12.5. The lowest BCUT2D eigenvalue weighted by Crippen LogP contribution is -2.20. The number of aryl methyl sites for hydroxylation is 1. The van der Waals surface area contributed by atoms with Gasteiger partial charge in [0.25, 0.3) is 0 Å². The van der Waals surface area contributed by atoms with Crippen molar-refractivity contribution in [3.05, 3.63) is 41.6 Å². The third-order valence-electron chi connectivity index (χ3n) is 4.69. The largest absolute Gasteiger partial charge is 0.312 e. The number of hydrogen-bond acceptors (Lipinski definition) is 2. The van der Waals surface area contributed by atoms with E-state index in [0.29, 0.717) is 6.04 Å². The van der Waals surface area contributed by atoms with Gasteiger partial charge in [-0.3, -0.25) is 4.98 Å². The molecule has 1 saturated carbocycles. The number of fused-ring (bicyclic) bond motifs is 1. The van der Waals surface area contributed by atoms with Crippen LogP contribution in [0.25, 0.3) is 10.9 Å². The van der Waals surface area contributed by atoms with Gasteiger partial charge < -0.3 is 5.32 Å². The number of rotatable bonds is 4. The first kappa shape index (κ1) is 13.6. The standard InChI is InChI=1S/C18H24N2/c1-13-11-18(20-16-10-6-5-9-15(13)16)17(19-2)12-14-7-3-4-8-14/h5-6,9-11,14,17,19H,3-4,7-8,12H2,1-2H3. The number of nitrogens with zero attached hydrogens (tertiary/aromatic N) is 1. The fourth-order valence-corrected chi connectivity index (χ4v) is 3.52. The average Bonchev–Trinajstić information content (AvgIpc) is 2.97. The maximum Gasteiger partial charge on any atom is 0.0708 e. The molecule has 0 amide bonds. The summed E-state index contributed by atoms with van der Waals surface area (Å²) in [6.45, 7) is 2.19. The Morgan fingerprint density at radius 1 is 1.25 bits per heavy atom. The van der Waals surface area contributed by atoms with Crippen molar-refractivity contribution in [2.24, 2.45) is 5.92 Å². The molecule has 1 unspecified atom stereocenters. The highest BCUT2D eigenvalue weighted by atomic mass is 14.9. The maximum absolute atomic E-state index is 4.89. The monoisotopic (exact) mass is 268 g/mol. The van der Waals surface area contributed by atoms with Crippen LogP contribution in [0.15, 0.2) is 30.3 Å². The van der Waals surface area contributed by atoms with Gasteiger partial charge in [-0.1, -0.05) is 43.9 Å². The Kier molecular flexibility index (Phi) is 4.02. The number of nitrogens with one attached hydrogen (secondary N) is 1. The first-order valence-corrected chi connectivity index (χ1v) is 7.81. The summed E-state index contributed by atoms with van der Waals surface area (Å²) >= 11 is 0. The number of aromatic nitrogens is 1. The molecule has 2 heteroatoms. The quantitative estimate of drug-likeness (QED) is 0.890. The van der Waals surface area contributed by atoms with Gasteiger partial charge in [0.2, 0.25) is 0 Å². The van der Waals surface area contributed by atoms with Crippen molar-refractivity contribution < 1.29 is 0 Å². The van der Waals surface area contributed by atoms with Gasteiger partial charge in [0.05, 0.1) is 11.2 Å². The Balaban J connectivity index is 1.90. The normalized spacial score (nSPS) is 17.7. The minimum Gasteiger partial charge on any atom is -0.312 e. The van der Waals surface area contributed by atoms with Crippen molar-refractivity contribution >= 4 is 10.9 Å². The highest BCUT2D eigenvalue weighted by Crippen LogP contribution is 2.33. The smallest absolute Gasteiger partial charge is 0.0708 e. The van der Waals surface area contributed by atoms with E-state index in [0.717, 1.165) is 11.4 Å². The average molecular weight is 268 g/mol. The van der Waals surface area contributed by atoms with Crippen LogP contribution in [0, 0.1) is 12.8 Å².